The van der Waals surface area contributed by atoms with Crippen molar-refractivity contribution in [1.82, 2.24) is 14.8 Å². The highest BCUT2D eigenvalue weighted by Crippen LogP contribution is 2.34. The van der Waals surface area contributed by atoms with E-state index in [1.165, 1.54) is 16.7 Å². The van der Waals surface area contributed by atoms with Gasteiger partial charge in [-0.05, 0) is 20.8 Å². The molecule has 8 heteroatoms. The molecule has 0 saturated carbocycles. The summed E-state index contributed by atoms with van der Waals surface area (Å²) in [6.45, 7) is 6.45. The molecule has 0 amide bonds. The van der Waals surface area contributed by atoms with Crippen LogP contribution in [0.2, 0.25) is 0 Å². The van der Waals surface area contributed by atoms with Crippen LogP contribution >= 0.6 is 0 Å². The van der Waals surface area contributed by atoms with Gasteiger partial charge >= 0.3 is 0 Å². The molecule has 0 bridgehead atoms. The minimum Gasteiger partial charge on any atom is -0.489 e. The predicted octanol–water partition coefficient (Wildman–Crippen LogP) is 1.62. The van der Waals surface area contributed by atoms with Gasteiger partial charge < -0.3 is 4.74 Å². The summed E-state index contributed by atoms with van der Waals surface area (Å²) in [5.41, 5.74) is 0.176. The summed E-state index contributed by atoms with van der Waals surface area (Å²) in [5, 5.41) is 4.17. The first kappa shape index (κ1) is 14.8. The molecule has 0 atom stereocenters. The van der Waals surface area contributed by atoms with E-state index < -0.39 is 10.0 Å². The molecular formula is C14H18N4O3S. The lowest BCUT2D eigenvalue weighted by atomic mass is 10.1. The van der Waals surface area contributed by atoms with Gasteiger partial charge in [-0.1, -0.05) is 0 Å². The highest BCUT2D eigenvalue weighted by molar-refractivity contribution is 7.92. The van der Waals surface area contributed by atoms with Gasteiger partial charge in [0.25, 0.3) is 10.0 Å². The zero-order chi connectivity index (χ0) is 16.0. The Labute approximate surface area is 129 Å². The summed E-state index contributed by atoms with van der Waals surface area (Å²) in [7, 11) is -3.68. The van der Waals surface area contributed by atoms with E-state index in [9.17, 15) is 8.42 Å². The molecule has 2 aromatic rings. The maximum atomic E-state index is 12.9. The van der Waals surface area contributed by atoms with Gasteiger partial charge in [0.1, 0.15) is 22.9 Å². The monoisotopic (exact) mass is 322 g/mol. The fourth-order valence-corrected chi connectivity index (χ4v) is 3.60. The van der Waals surface area contributed by atoms with Crippen molar-refractivity contribution in [2.75, 3.05) is 17.5 Å². The average Bonchev–Trinajstić information content (AvgIpc) is 2.97. The molecule has 0 aromatic carbocycles. The normalized spacial score (nSPS) is 15.3. The number of ether oxygens (including phenoxy) is 1. The van der Waals surface area contributed by atoms with Gasteiger partial charge in [-0.2, -0.15) is 5.10 Å². The highest BCUT2D eigenvalue weighted by Gasteiger charge is 2.32. The molecule has 1 aliphatic heterocycles. The Bertz CT molecular complexity index is 792. The number of rotatable bonds is 2. The maximum Gasteiger partial charge on any atom is 0.267 e. The van der Waals surface area contributed by atoms with E-state index >= 15 is 0 Å². The molecule has 1 aliphatic rings. The Morgan fingerprint density at radius 2 is 2.05 bits per heavy atom. The molecule has 0 radical (unpaired) electrons. The predicted molar refractivity (Wildman–Crippen MR) is 81.5 cm³/mol. The SMILES string of the molecule is CC(C)(C)n1cc(S(=O)(=O)N2CCOc3ccncc32)cn1. The third kappa shape index (κ3) is 2.43. The van der Waals surface area contributed by atoms with Gasteiger partial charge in [-0.15, -0.1) is 0 Å². The number of sulfonamides is 1. The van der Waals surface area contributed by atoms with Gasteiger partial charge in [0, 0.05) is 18.5 Å². The van der Waals surface area contributed by atoms with Gasteiger partial charge in [-0.25, -0.2) is 8.42 Å². The van der Waals surface area contributed by atoms with Crippen LogP contribution in [-0.4, -0.2) is 36.3 Å². The summed E-state index contributed by atoms with van der Waals surface area (Å²) in [6, 6.07) is 1.66. The van der Waals surface area contributed by atoms with Crippen LogP contribution in [0.5, 0.6) is 5.75 Å². The fraction of sp³-hybridized carbons (Fsp3) is 0.429. The molecule has 0 saturated heterocycles. The zero-order valence-corrected chi connectivity index (χ0v) is 13.5. The number of hydrogen-bond donors (Lipinski definition) is 0. The molecule has 2 aromatic heterocycles. The molecule has 22 heavy (non-hydrogen) atoms. The Hall–Kier alpha value is -2.09. The van der Waals surface area contributed by atoms with Crippen LogP contribution in [0.4, 0.5) is 5.69 Å². The molecule has 0 aliphatic carbocycles. The van der Waals surface area contributed by atoms with Crippen LogP contribution < -0.4 is 9.04 Å². The lowest BCUT2D eigenvalue weighted by Gasteiger charge is -2.29. The summed E-state index contributed by atoms with van der Waals surface area (Å²) in [6.07, 6.45) is 6.01. The average molecular weight is 322 g/mol. The van der Waals surface area contributed by atoms with Gasteiger partial charge in [0.05, 0.1) is 24.5 Å². The van der Waals surface area contributed by atoms with Crippen molar-refractivity contribution in [3.05, 3.63) is 30.9 Å². The molecule has 0 unspecified atom stereocenters. The van der Waals surface area contributed by atoms with E-state index in [4.69, 9.17) is 4.74 Å². The van der Waals surface area contributed by atoms with Crippen molar-refractivity contribution in [2.24, 2.45) is 0 Å². The second-order valence-corrected chi connectivity index (χ2v) is 7.92. The van der Waals surface area contributed by atoms with Crippen LogP contribution in [0.15, 0.2) is 35.7 Å². The van der Waals surface area contributed by atoms with Crippen LogP contribution in [0.25, 0.3) is 0 Å². The topological polar surface area (TPSA) is 77.3 Å². The minimum atomic E-state index is -3.68. The van der Waals surface area contributed by atoms with Crippen molar-refractivity contribution in [3.8, 4) is 5.75 Å². The van der Waals surface area contributed by atoms with E-state index in [0.29, 0.717) is 18.0 Å². The summed E-state index contributed by atoms with van der Waals surface area (Å²) in [5.74, 6) is 0.521. The molecule has 0 spiro atoms. The first-order chi connectivity index (χ1) is 10.3. The fourth-order valence-electron chi connectivity index (χ4n) is 2.22. The molecule has 3 rings (SSSR count). The van der Waals surface area contributed by atoms with Gasteiger partial charge in [0.2, 0.25) is 0 Å². The quantitative estimate of drug-likeness (QED) is 0.839. The standard InChI is InChI=1S/C14H18N4O3S/c1-14(2,3)18-10-11(8-16-18)22(19,20)17-6-7-21-13-4-5-15-9-12(13)17/h4-5,8-10H,6-7H2,1-3H3. The van der Waals surface area contributed by atoms with E-state index in [1.807, 2.05) is 20.8 Å². The Kier molecular flexibility index (Phi) is 3.36. The number of aromatic nitrogens is 3. The maximum absolute atomic E-state index is 12.9. The second-order valence-electron chi connectivity index (χ2n) is 6.06. The Balaban J connectivity index is 2.03. The lowest BCUT2D eigenvalue weighted by molar-refractivity contribution is 0.315. The lowest BCUT2D eigenvalue weighted by Crippen LogP contribution is -2.37. The molecule has 3 heterocycles. The van der Waals surface area contributed by atoms with Crippen LogP contribution in [0.1, 0.15) is 20.8 Å². The van der Waals surface area contributed by atoms with Gasteiger partial charge in [0.15, 0.2) is 0 Å². The van der Waals surface area contributed by atoms with E-state index in [1.54, 1.807) is 23.1 Å². The molecule has 118 valence electrons. The van der Waals surface area contributed by atoms with Crippen molar-refractivity contribution in [3.63, 3.8) is 0 Å². The summed E-state index contributed by atoms with van der Waals surface area (Å²) < 4.78 is 34.2. The Morgan fingerprint density at radius 3 is 2.73 bits per heavy atom. The van der Waals surface area contributed by atoms with E-state index in [-0.39, 0.29) is 17.0 Å². The smallest absolute Gasteiger partial charge is 0.267 e. The van der Waals surface area contributed by atoms with Crippen LogP contribution in [-0.2, 0) is 15.6 Å². The molecule has 0 fully saturated rings. The highest BCUT2D eigenvalue weighted by atomic mass is 32.2. The molecule has 7 nitrogen and oxygen atoms in total. The third-order valence-electron chi connectivity index (χ3n) is 3.42. The van der Waals surface area contributed by atoms with Crippen molar-refractivity contribution >= 4 is 15.7 Å². The summed E-state index contributed by atoms with van der Waals surface area (Å²) >= 11 is 0. The van der Waals surface area contributed by atoms with E-state index in [2.05, 4.69) is 10.1 Å². The number of fused-ring (bicyclic) bond motifs is 1. The van der Waals surface area contributed by atoms with Crippen LogP contribution in [0, 0.1) is 0 Å². The second kappa shape index (κ2) is 4.98. The third-order valence-corrected chi connectivity index (χ3v) is 5.18. The number of hydrogen-bond acceptors (Lipinski definition) is 5. The first-order valence-electron chi connectivity index (χ1n) is 6.95. The Morgan fingerprint density at radius 1 is 1.27 bits per heavy atom. The number of pyridine rings is 1. The molecular weight excluding hydrogens is 304 g/mol. The number of nitrogens with zero attached hydrogens (tertiary/aromatic N) is 4. The minimum absolute atomic E-state index is 0.166. The van der Waals surface area contributed by atoms with Gasteiger partial charge in [-0.3, -0.25) is 14.0 Å². The summed E-state index contributed by atoms with van der Waals surface area (Å²) in [4.78, 5) is 4.16. The van der Waals surface area contributed by atoms with E-state index in [0.717, 1.165) is 0 Å². The number of anilines is 1. The first-order valence-corrected chi connectivity index (χ1v) is 8.39. The van der Waals surface area contributed by atoms with Crippen molar-refractivity contribution in [1.29, 1.82) is 0 Å². The van der Waals surface area contributed by atoms with Crippen molar-refractivity contribution < 1.29 is 13.2 Å². The largest absolute Gasteiger partial charge is 0.489 e. The molecule has 0 N–H and O–H groups in total. The van der Waals surface area contributed by atoms with Crippen LogP contribution in [0.3, 0.4) is 0 Å². The van der Waals surface area contributed by atoms with Crippen molar-refractivity contribution in [2.45, 2.75) is 31.2 Å². The zero-order valence-electron chi connectivity index (χ0n) is 12.7.